The minimum atomic E-state index is -3.80. The molecule has 4 aliphatic rings. The van der Waals surface area contributed by atoms with E-state index < -0.39 is 44.8 Å². The van der Waals surface area contributed by atoms with E-state index in [1.54, 1.807) is 24.1 Å². The maximum Gasteiger partial charge on any atom is 0.281 e. The molecule has 2 aliphatic heterocycles. The highest BCUT2D eigenvalue weighted by Gasteiger charge is 2.61. The lowest BCUT2D eigenvalue weighted by Crippen LogP contribution is -2.68. The fourth-order valence-corrected chi connectivity index (χ4v) is 9.04. The maximum absolute atomic E-state index is 14.3. The molecule has 1 saturated heterocycles. The summed E-state index contributed by atoms with van der Waals surface area (Å²) >= 11 is 3.60. The zero-order chi connectivity index (χ0) is 35.1. The Bertz CT molecular complexity index is 1760. The van der Waals surface area contributed by atoms with Gasteiger partial charge >= 0.3 is 0 Å². The molecule has 4 N–H and O–H groups in total. The van der Waals surface area contributed by atoms with Crippen LogP contribution in [0.3, 0.4) is 0 Å². The smallest absolute Gasteiger partial charge is 0.281 e. The number of fused-ring (bicyclic) bond motifs is 3. The number of nitrogens with zero attached hydrogens (tertiary/aromatic N) is 2. The molecule has 6 rings (SSSR count). The summed E-state index contributed by atoms with van der Waals surface area (Å²) < 4.78 is 46.5. The monoisotopic (exact) mass is 761 g/mol. The van der Waals surface area contributed by atoms with Crippen LogP contribution in [-0.4, -0.2) is 79.1 Å². The number of allylic oxidation sites excluding steroid dienone is 2. The summed E-state index contributed by atoms with van der Waals surface area (Å²) in [7, 11) is -2.23. The average molecular weight is 763 g/mol. The van der Waals surface area contributed by atoms with Crippen LogP contribution >= 0.6 is 15.9 Å². The molecule has 0 radical (unpaired) electrons. The lowest BCUT2D eigenvalue weighted by atomic mass is 9.91. The Morgan fingerprint density at radius 3 is 2.63 bits per heavy atom. The number of hydrogen-bond donors (Lipinski definition) is 2. The van der Waals surface area contributed by atoms with Gasteiger partial charge in [0.15, 0.2) is 11.8 Å². The van der Waals surface area contributed by atoms with Crippen molar-refractivity contribution in [3.05, 3.63) is 34.8 Å². The number of rotatable bonds is 8. The van der Waals surface area contributed by atoms with Crippen LogP contribution < -0.4 is 24.7 Å². The summed E-state index contributed by atoms with van der Waals surface area (Å²) in [6.07, 6.45) is 8.81. The molecule has 1 aromatic heterocycles. The van der Waals surface area contributed by atoms with Gasteiger partial charge in [-0.15, -0.1) is 0 Å². The Balaban J connectivity index is 1.31. The number of carbonyl (C=O) groups is 3. The van der Waals surface area contributed by atoms with Crippen molar-refractivity contribution in [1.82, 2.24) is 14.6 Å². The number of methoxy groups -OCH3 is 1. The van der Waals surface area contributed by atoms with Gasteiger partial charge in [-0.1, -0.05) is 18.6 Å². The Morgan fingerprint density at radius 2 is 1.92 bits per heavy atom. The van der Waals surface area contributed by atoms with Crippen molar-refractivity contribution in [2.45, 2.75) is 108 Å². The zero-order valence-electron chi connectivity index (χ0n) is 28.3. The molecule has 3 fully saturated rings. The molecule has 3 heterocycles. The SMILES string of the molecule is COc1ccc2c(O[C@@H]3C[C@H]4C(=O)C[C@]5(C(=O)NS(=O)(=O)C6CC6)C[C@@H]5/C=C\CCCCC[C@H]([NH3+])C(=O)N4C3)cc(OC(C)C)nc2c1Br. The van der Waals surface area contributed by atoms with Gasteiger partial charge in [0.05, 0.1) is 46.5 Å². The summed E-state index contributed by atoms with van der Waals surface area (Å²) in [4.78, 5) is 48.1. The first-order valence-corrected chi connectivity index (χ1v) is 19.6. The normalized spacial score (nSPS) is 28.7. The first kappa shape index (κ1) is 35.6. The molecule has 0 spiro atoms. The number of hydrogen-bond acceptors (Lipinski definition) is 9. The summed E-state index contributed by atoms with van der Waals surface area (Å²) in [5.41, 5.74) is 3.56. The fourth-order valence-electron chi connectivity index (χ4n) is 7.05. The topological polar surface area (TPSA) is 169 Å². The molecule has 5 atom stereocenters. The summed E-state index contributed by atoms with van der Waals surface area (Å²) in [5.74, 6) is 0.0260. The largest absolute Gasteiger partial charge is 0.495 e. The molecular weight excluding hydrogens is 716 g/mol. The van der Waals surface area contributed by atoms with Crippen LogP contribution in [0.4, 0.5) is 0 Å². The Morgan fingerprint density at radius 1 is 1.14 bits per heavy atom. The predicted octanol–water partition coefficient (Wildman–Crippen LogP) is 3.85. The van der Waals surface area contributed by atoms with Gasteiger partial charge in [0.2, 0.25) is 21.8 Å². The number of sulfonamides is 1. The van der Waals surface area contributed by atoms with Gasteiger partial charge in [-0.25, -0.2) is 13.4 Å². The standard InChI is InChI=1S/C35H45BrN4O8S/c1-20(2)47-30-16-29(24-13-14-28(46-3)31(36)32(24)38-30)48-22-15-26-27(41)18-35(34(43)39-49(44,45)23-11-12-23)17-21(35)9-7-5-4-6-8-10-25(37)33(42)40(26)19-22/h7,9,13-14,16,20-23,25-26H,4-6,8,10-12,15,17-19,37H2,1-3H3,(H,39,43)/p+1/b9-7-/t21-,22+,25-,26-,35+/m0/s1. The molecule has 2 amide bonds. The van der Waals surface area contributed by atoms with E-state index in [9.17, 15) is 22.8 Å². The summed E-state index contributed by atoms with van der Waals surface area (Å²) in [6.45, 7) is 3.95. The highest BCUT2D eigenvalue weighted by molar-refractivity contribution is 9.10. The van der Waals surface area contributed by atoms with Crippen LogP contribution in [0.1, 0.15) is 78.1 Å². The van der Waals surface area contributed by atoms with Crippen molar-refractivity contribution in [2.75, 3.05) is 13.7 Å². The van der Waals surface area contributed by atoms with E-state index in [0.29, 0.717) is 58.4 Å². The molecular formula is C35H46BrN4O8S+. The maximum atomic E-state index is 14.3. The van der Waals surface area contributed by atoms with Gasteiger partial charge in [-0.3, -0.25) is 19.1 Å². The second-order valence-electron chi connectivity index (χ2n) is 14.1. The molecule has 2 aliphatic carbocycles. The molecule has 0 unspecified atom stereocenters. The number of pyridine rings is 1. The van der Waals surface area contributed by atoms with Gasteiger partial charge in [0.25, 0.3) is 5.91 Å². The molecule has 14 heteroatoms. The average Bonchev–Trinajstić information content (AvgIpc) is 3.97. The fraction of sp³-hybridized carbons (Fsp3) is 0.600. The number of ketones is 1. The van der Waals surface area contributed by atoms with Gasteiger partial charge in [-0.2, -0.15) is 0 Å². The van der Waals surface area contributed by atoms with Gasteiger partial charge < -0.3 is 24.8 Å². The van der Waals surface area contributed by atoms with Crippen molar-refractivity contribution in [2.24, 2.45) is 11.3 Å². The number of Topliss-reactive ketones (excluding diaryl/α,β-unsaturated/α-hetero) is 1. The number of aromatic nitrogens is 1. The highest BCUT2D eigenvalue weighted by atomic mass is 79.9. The van der Waals surface area contributed by atoms with Crippen LogP contribution in [0.2, 0.25) is 0 Å². The molecule has 12 nitrogen and oxygen atoms in total. The van der Waals surface area contributed by atoms with E-state index in [1.807, 2.05) is 32.1 Å². The zero-order valence-corrected chi connectivity index (χ0v) is 30.7. The van der Waals surface area contributed by atoms with E-state index in [0.717, 1.165) is 25.7 Å². The number of quaternary nitrogens is 1. The third kappa shape index (κ3) is 7.61. The van der Waals surface area contributed by atoms with Crippen molar-refractivity contribution < 1.29 is 42.7 Å². The van der Waals surface area contributed by atoms with E-state index in [1.165, 1.54) is 0 Å². The van der Waals surface area contributed by atoms with Crippen LogP contribution in [0.5, 0.6) is 17.4 Å². The number of carbonyl (C=O) groups excluding carboxylic acids is 3. The highest BCUT2D eigenvalue weighted by Crippen LogP contribution is 2.57. The number of benzene rings is 1. The van der Waals surface area contributed by atoms with Crippen LogP contribution in [0.25, 0.3) is 10.9 Å². The summed E-state index contributed by atoms with van der Waals surface area (Å²) in [5, 5.41) is 0.131. The van der Waals surface area contributed by atoms with E-state index >= 15 is 0 Å². The van der Waals surface area contributed by atoms with Gasteiger partial charge in [-0.05, 0) is 86.4 Å². The van der Waals surface area contributed by atoms with Crippen molar-refractivity contribution in [3.63, 3.8) is 0 Å². The number of nitrogens with one attached hydrogen (secondary N) is 1. The predicted molar refractivity (Wildman–Crippen MR) is 185 cm³/mol. The van der Waals surface area contributed by atoms with Crippen molar-refractivity contribution in [3.8, 4) is 17.4 Å². The van der Waals surface area contributed by atoms with E-state index in [2.05, 4.69) is 31.4 Å². The van der Waals surface area contributed by atoms with Gasteiger partial charge in [0.1, 0.15) is 17.6 Å². The Kier molecular flexibility index (Phi) is 10.3. The third-order valence-electron chi connectivity index (χ3n) is 10.0. The Hall–Kier alpha value is -3.23. The lowest BCUT2D eigenvalue weighted by Gasteiger charge is -2.26. The van der Waals surface area contributed by atoms with Crippen LogP contribution in [-0.2, 0) is 24.4 Å². The first-order chi connectivity index (χ1) is 23.3. The second kappa shape index (κ2) is 14.2. The first-order valence-electron chi connectivity index (χ1n) is 17.2. The minimum absolute atomic E-state index is 0.150. The van der Waals surface area contributed by atoms with Crippen LogP contribution in [0, 0.1) is 11.3 Å². The quantitative estimate of drug-likeness (QED) is 0.380. The molecule has 49 heavy (non-hydrogen) atoms. The lowest BCUT2D eigenvalue weighted by molar-refractivity contribution is -0.407. The van der Waals surface area contributed by atoms with E-state index in [-0.39, 0.29) is 43.1 Å². The Labute approximate surface area is 295 Å². The molecule has 1 aromatic carbocycles. The third-order valence-corrected chi connectivity index (χ3v) is 12.6. The summed E-state index contributed by atoms with van der Waals surface area (Å²) in [6, 6.07) is 3.97. The van der Waals surface area contributed by atoms with Crippen molar-refractivity contribution in [1.29, 1.82) is 0 Å². The number of halogens is 1. The van der Waals surface area contributed by atoms with Crippen molar-refractivity contribution >= 4 is 54.5 Å². The molecule has 2 aromatic rings. The molecule has 266 valence electrons. The molecule has 2 saturated carbocycles. The second-order valence-corrected chi connectivity index (χ2v) is 16.9. The van der Waals surface area contributed by atoms with Gasteiger partial charge in [0, 0.05) is 30.7 Å². The molecule has 0 bridgehead atoms. The number of amides is 2. The van der Waals surface area contributed by atoms with E-state index in [4.69, 9.17) is 14.2 Å². The number of ether oxygens (including phenoxy) is 3. The minimum Gasteiger partial charge on any atom is -0.495 e. The van der Waals surface area contributed by atoms with Crippen LogP contribution in [0.15, 0.2) is 34.8 Å².